The van der Waals surface area contributed by atoms with E-state index >= 15 is 0 Å². The standard InChI is InChI=1S/C13H16ClN3O/c1-9-13(14)12(17(2)16-9)8-11(18)7-10-3-5-15-6-4-10/h3-6,11,18H,7-8H2,1-2H3. The van der Waals surface area contributed by atoms with Crippen LogP contribution in [0.1, 0.15) is 17.0 Å². The van der Waals surface area contributed by atoms with Crippen molar-refractivity contribution < 1.29 is 5.11 Å². The SMILES string of the molecule is Cc1nn(C)c(CC(O)Cc2ccncc2)c1Cl. The van der Waals surface area contributed by atoms with Crippen LogP contribution in [0.5, 0.6) is 0 Å². The maximum atomic E-state index is 10.1. The first kappa shape index (κ1) is 13.1. The highest BCUT2D eigenvalue weighted by molar-refractivity contribution is 6.31. The van der Waals surface area contributed by atoms with Gasteiger partial charge in [-0.05, 0) is 31.0 Å². The summed E-state index contributed by atoms with van der Waals surface area (Å²) in [7, 11) is 1.84. The van der Waals surface area contributed by atoms with E-state index in [-0.39, 0.29) is 0 Å². The van der Waals surface area contributed by atoms with Crippen LogP contribution in [0.4, 0.5) is 0 Å². The summed E-state index contributed by atoms with van der Waals surface area (Å²) in [5, 5.41) is 15.0. The van der Waals surface area contributed by atoms with Gasteiger partial charge in [0.2, 0.25) is 0 Å². The molecule has 96 valence electrons. The summed E-state index contributed by atoms with van der Waals surface area (Å²) in [5.74, 6) is 0. The highest BCUT2D eigenvalue weighted by Crippen LogP contribution is 2.21. The van der Waals surface area contributed by atoms with Gasteiger partial charge in [0.25, 0.3) is 0 Å². The molecule has 0 saturated carbocycles. The maximum Gasteiger partial charge on any atom is 0.0847 e. The van der Waals surface area contributed by atoms with Crippen LogP contribution in [-0.2, 0) is 19.9 Å². The van der Waals surface area contributed by atoms with Gasteiger partial charge in [-0.2, -0.15) is 5.10 Å². The van der Waals surface area contributed by atoms with Gasteiger partial charge in [0.05, 0.1) is 22.5 Å². The second-order valence-corrected chi connectivity index (χ2v) is 4.77. The van der Waals surface area contributed by atoms with Crippen LogP contribution in [0.3, 0.4) is 0 Å². The summed E-state index contributed by atoms with van der Waals surface area (Å²) >= 11 is 6.16. The molecule has 0 aliphatic carbocycles. The number of hydrogen-bond acceptors (Lipinski definition) is 3. The quantitative estimate of drug-likeness (QED) is 0.919. The Morgan fingerprint density at radius 2 is 2.00 bits per heavy atom. The second-order valence-electron chi connectivity index (χ2n) is 4.39. The molecule has 0 bridgehead atoms. The molecule has 2 heterocycles. The zero-order valence-corrected chi connectivity index (χ0v) is 11.2. The van der Waals surface area contributed by atoms with E-state index in [2.05, 4.69) is 10.1 Å². The van der Waals surface area contributed by atoms with Gasteiger partial charge in [-0.15, -0.1) is 0 Å². The van der Waals surface area contributed by atoms with Crippen LogP contribution < -0.4 is 0 Å². The molecular weight excluding hydrogens is 250 g/mol. The minimum absolute atomic E-state index is 0.473. The number of nitrogens with zero attached hydrogens (tertiary/aromatic N) is 3. The number of aryl methyl sites for hydroxylation is 2. The van der Waals surface area contributed by atoms with Gasteiger partial charge in [0.15, 0.2) is 0 Å². The van der Waals surface area contributed by atoms with E-state index in [4.69, 9.17) is 11.6 Å². The first-order valence-corrected chi connectivity index (χ1v) is 6.20. The van der Waals surface area contributed by atoms with Crippen LogP contribution in [0, 0.1) is 6.92 Å². The van der Waals surface area contributed by atoms with Gasteiger partial charge in [0.1, 0.15) is 0 Å². The molecular formula is C13H16ClN3O. The molecule has 0 aliphatic rings. The van der Waals surface area contributed by atoms with E-state index in [1.54, 1.807) is 17.1 Å². The van der Waals surface area contributed by atoms with Crippen LogP contribution in [0.15, 0.2) is 24.5 Å². The summed E-state index contributed by atoms with van der Waals surface area (Å²) in [6.07, 6.45) is 4.06. The number of rotatable bonds is 4. The van der Waals surface area contributed by atoms with E-state index < -0.39 is 6.10 Å². The maximum absolute atomic E-state index is 10.1. The van der Waals surface area contributed by atoms with Crippen LogP contribution in [0.2, 0.25) is 5.02 Å². The number of aliphatic hydroxyl groups is 1. The van der Waals surface area contributed by atoms with E-state index in [1.165, 1.54) is 0 Å². The van der Waals surface area contributed by atoms with Crippen molar-refractivity contribution >= 4 is 11.6 Å². The normalized spacial score (nSPS) is 12.7. The van der Waals surface area contributed by atoms with Gasteiger partial charge in [0, 0.05) is 25.9 Å². The van der Waals surface area contributed by atoms with Gasteiger partial charge in [-0.3, -0.25) is 9.67 Å². The number of aliphatic hydroxyl groups excluding tert-OH is 1. The average Bonchev–Trinajstić information content (AvgIpc) is 2.57. The molecule has 0 spiro atoms. The van der Waals surface area contributed by atoms with Crippen molar-refractivity contribution in [1.29, 1.82) is 0 Å². The molecule has 1 N–H and O–H groups in total. The number of aromatic nitrogens is 3. The Labute approximate surface area is 111 Å². The molecule has 0 amide bonds. The van der Waals surface area contributed by atoms with Gasteiger partial charge in [-0.1, -0.05) is 11.6 Å². The van der Waals surface area contributed by atoms with Crippen molar-refractivity contribution in [2.24, 2.45) is 7.05 Å². The Morgan fingerprint density at radius 3 is 2.56 bits per heavy atom. The average molecular weight is 266 g/mol. The first-order valence-electron chi connectivity index (χ1n) is 5.83. The summed E-state index contributed by atoms with van der Waals surface area (Å²) in [6.45, 7) is 1.86. The predicted octanol–water partition coefficient (Wildman–Crippen LogP) is 1.92. The lowest BCUT2D eigenvalue weighted by atomic mass is 10.1. The largest absolute Gasteiger partial charge is 0.392 e. The summed E-state index contributed by atoms with van der Waals surface area (Å²) in [4.78, 5) is 3.95. The minimum atomic E-state index is -0.473. The topological polar surface area (TPSA) is 50.9 Å². The first-order chi connectivity index (χ1) is 8.58. The van der Waals surface area contributed by atoms with Gasteiger partial charge >= 0.3 is 0 Å². The van der Waals surface area contributed by atoms with Crippen molar-refractivity contribution in [3.05, 3.63) is 46.5 Å². The number of hydrogen-bond donors (Lipinski definition) is 1. The predicted molar refractivity (Wildman–Crippen MR) is 70.6 cm³/mol. The third-order valence-corrected chi connectivity index (χ3v) is 3.40. The highest BCUT2D eigenvalue weighted by Gasteiger charge is 2.15. The molecule has 1 atom stereocenters. The smallest absolute Gasteiger partial charge is 0.0847 e. The number of pyridine rings is 1. The molecule has 0 saturated heterocycles. The molecule has 4 nitrogen and oxygen atoms in total. The zero-order valence-electron chi connectivity index (χ0n) is 10.5. The lowest BCUT2D eigenvalue weighted by Crippen LogP contribution is -2.16. The Bertz CT molecular complexity index is 525. The molecule has 18 heavy (non-hydrogen) atoms. The Kier molecular flexibility index (Phi) is 3.99. The van der Waals surface area contributed by atoms with Crippen molar-refractivity contribution in [2.45, 2.75) is 25.9 Å². The van der Waals surface area contributed by atoms with Crippen LogP contribution in [-0.4, -0.2) is 26.0 Å². The Morgan fingerprint density at radius 1 is 1.33 bits per heavy atom. The number of halogens is 1. The monoisotopic (exact) mass is 265 g/mol. The zero-order chi connectivity index (χ0) is 13.1. The third kappa shape index (κ3) is 2.89. The molecule has 0 aliphatic heterocycles. The third-order valence-electron chi connectivity index (χ3n) is 2.91. The van der Waals surface area contributed by atoms with Crippen LogP contribution >= 0.6 is 11.6 Å². The molecule has 5 heteroatoms. The van der Waals surface area contributed by atoms with E-state index in [1.807, 2.05) is 26.1 Å². The minimum Gasteiger partial charge on any atom is -0.392 e. The molecule has 0 aromatic carbocycles. The molecule has 0 radical (unpaired) electrons. The van der Waals surface area contributed by atoms with Gasteiger partial charge < -0.3 is 5.11 Å². The molecule has 2 aromatic heterocycles. The van der Waals surface area contributed by atoms with Crippen LogP contribution in [0.25, 0.3) is 0 Å². The highest BCUT2D eigenvalue weighted by atomic mass is 35.5. The van der Waals surface area contributed by atoms with Crippen molar-refractivity contribution in [3.8, 4) is 0 Å². The fraction of sp³-hybridized carbons (Fsp3) is 0.385. The lowest BCUT2D eigenvalue weighted by Gasteiger charge is -2.11. The van der Waals surface area contributed by atoms with Crippen molar-refractivity contribution in [2.75, 3.05) is 0 Å². The van der Waals surface area contributed by atoms with Crippen molar-refractivity contribution in [3.63, 3.8) is 0 Å². The summed E-state index contributed by atoms with van der Waals surface area (Å²) < 4.78 is 1.73. The summed E-state index contributed by atoms with van der Waals surface area (Å²) in [6, 6.07) is 3.80. The van der Waals surface area contributed by atoms with E-state index in [0.717, 1.165) is 17.0 Å². The molecule has 0 fully saturated rings. The van der Waals surface area contributed by atoms with Gasteiger partial charge in [-0.25, -0.2) is 0 Å². The molecule has 2 rings (SSSR count). The second kappa shape index (κ2) is 5.50. The Hall–Kier alpha value is -1.39. The Balaban J connectivity index is 2.05. The van der Waals surface area contributed by atoms with E-state index in [9.17, 15) is 5.11 Å². The molecule has 1 unspecified atom stereocenters. The lowest BCUT2D eigenvalue weighted by molar-refractivity contribution is 0.173. The van der Waals surface area contributed by atoms with E-state index in [0.29, 0.717) is 17.9 Å². The summed E-state index contributed by atoms with van der Waals surface area (Å²) in [5.41, 5.74) is 2.73. The fourth-order valence-corrected chi connectivity index (χ4v) is 2.23. The van der Waals surface area contributed by atoms with Crippen molar-refractivity contribution in [1.82, 2.24) is 14.8 Å². The fourth-order valence-electron chi connectivity index (χ4n) is 1.99. The molecule has 2 aromatic rings.